The number of nitrogens with zero attached hydrogens (tertiary/aromatic N) is 1. The van der Waals surface area contributed by atoms with Crippen molar-refractivity contribution in [1.29, 1.82) is 0 Å². The molecule has 1 aliphatic rings. The Labute approximate surface area is 111 Å². The van der Waals surface area contributed by atoms with Crippen molar-refractivity contribution in [2.75, 3.05) is 0 Å². The van der Waals surface area contributed by atoms with Gasteiger partial charge in [0, 0.05) is 24.5 Å². The van der Waals surface area contributed by atoms with Crippen LogP contribution < -0.4 is 5.32 Å². The van der Waals surface area contributed by atoms with E-state index in [-0.39, 0.29) is 0 Å². The lowest BCUT2D eigenvalue weighted by atomic mass is 9.70. The maximum atomic E-state index is 4.35. The van der Waals surface area contributed by atoms with Gasteiger partial charge in [0.25, 0.3) is 0 Å². The Morgan fingerprint density at radius 2 is 2.11 bits per heavy atom. The second kappa shape index (κ2) is 5.40. The topological polar surface area (TPSA) is 24.9 Å². The van der Waals surface area contributed by atoms with Crippen LogP contribution in [0, 0.1) is 18.3 Å². The van der Waals surface area contributed by atoms with Gasteiger partial charge in [0.2, 0.25) is 0 Å². The fraction of sp³-hybridized carbons (Fsp3) is 0.688. The highest BCUT2D eigenvalue weighted by atomic mass is 14.9. The molecule has 0 amide bonds. The second-order valence-corrected chi connectivity index (χ2v) is 6.80. The summed E-state index contributed by atoms with van der Waals surface area (Å²) >= 11 is 0. The molecule has 1 saturated carbocycles. The normalized spacial score (nSPS) is 27.1. The first-order valence-electron chi connectivity index (χ1n) is 7.09. The van der Waals surface area contributed by atoms with Crippen LogP contribution in [0.5, 0.6) is 0 Å². The summed E-state index contributed by atoms with van der Waals surface area (Å²) < 4.78 is 0. The van der Waals surface area contributed by atoms with E-state index in [1.807, 2.05) is 13.1 Å². The second-order valence-electron chi connectivity index (χ2n) is 6.80. The van der Waals surface area contributed by atoms with Gasteiger partial charge in [-0.3, -0.25) is 4.98 Å². The first-order chi connectivity index (χ1) is 8.44. The van der Waals surface area contributed by atoms with E-state index in [0.717, 1.165) is 18.2 Å². The Morgan fingerprint density at radius 3 is 2.72 bits per heavy atom. The molecule has 2 nitrogen and oxygen atoms in total. The molecular formula is C16H26N2. The maximum Gasteiger partial charge on any atom is 0.0372 e. The van der Waals surface area contributed by atoms with Crippen LogP contribution in [0.15, 0.2) is 18.3 Å². The van der Waals surface area contributed by atoms with Crippen LogP contribution in [0.1, 0.15) is 51.3 Å². The summed E-state index contributed by atoms with van der Waals surface area (Å²) in [6, 6.07) is 4.92. The Balaban J connectivity index is 1.88. The standard InChI is InChI=1S/C16H26N2/c1-12-7-15(9-16(3,4)8-12)18-11-14-6-5-13(2)17-10-14/h5-6,10,12,15,18H,7-9,11H2,1-4H3. The fourth-order valence-electron chi connectivity index (χ4n) is 3.37. The minimum Gasteiger partial charge on any atom is -0.310 e. The third-order valence-corrected chi connectivity index (χ3v) is 3.95. The lowest BCUT2D eigenvalue weighted by Gasteiger charge is -2.39. The van der Waals surface area contributed by atoms with E-state index in [2.05, 4.69) is 43.2 Å². The average Bonchev–Trinajstić information content (AvgIpc) is 2.25. The zero-order valence-electron chi connectivity index (χ0n) is 12.2. The molecule has 0 aromatic carbocycles. The van der Waals surface area contributed by atoms with Gasteiger partial charge in [-0.25, -0.2) is 0 Å². The number of nitrogens with one attached hydrogen (secondary N) is 1. The number of aromatic nitrogens is 1. The van der Waals surface area contributed by atoms with E-state index in [1.165, 1.54) is 24.8 Å². The molecule has 0 saturated heterocycles. The predicted molar refractivity (Wildman–Crippen MR) is 76.4 cm³/mol. The van der Waals surface area contributed by atoms with Gasteiger partial charge in [-0.1, -0.05) is 26.8 Å². The monoisotopic (exact) mass is 246 g/mol. The molecule has 1 heterocycles. The van der Waals surface area contributed by atoms with Crippen molar-refractivity contribution < 1.29 is 0 Å². The lowest BCUT2D eigenvalue weighted by Crippen LogP contribution is -2.39. The summed E-state index contributed by atoms with van der Waals surface area (Å²) in [5.41, 5.74) is 2.86. The predicted octanol–water partition coefficient (Wildman–Crippen LogP) is 3.69. The molecule has 18 heavy (non-hydrogen) atoms. The van der Waals surface area contributed by atoms with E-state index in [4.69, 9.17) is 0 Å². The van der Waals surface area contributed by atoms with Crippen LogP contribution in [0.3, 0.4) is 0 Å². The van der Waals surface area contributed by atoms with Gasteiger partial charge in [0.15, 0.2) is 0 Å². The summed E-state index contributed by atoms with van der Waals surface area (Å²) in [5.74, 6) is 0.836. The molecule has 2 rings (SSSR count). The van der Waals surface area contributed by atoms with Crippen LogP contribution in [0.2, 0.25) is 0 Å². The average molecular weight is 246 g/mol. The Kier molecular flexibility index (Phi) is 4.06. The number of rotatable bonds is 3. The van der Waals surface area contributed by atoms with Crippen molar-refractivity contribution in [2.24, 2.45) is 11.3 Å². The zero-order valence-corrected chi connectivity index (χ0v) is 12.2. The zero-order chi connectivity index (χ0) is 13.2. The van der Waals surface area contributed by atoms with Gasteiger partial charge in [-0.15, -0.1) is 0 Å². The lowest BCUT2D eigenvalue weighted by molar-refractivity contribution is 0.151. The molecule has 1 N–H and O–H groups in total. The van der Waals surface area contributed by atoms with Crippen molar-refractivity contribution >= 4 is 0 Å². The van der Waals surface area contributed by atoms with Crippen molar-refractivity contribution in [3.05, 3.63) is 29.6 Å². The smallest absolute Gasteiger partial charge is 0.0372 e. The third kappa shape index (κ3) is 3.81. The molecule has 1 fully saturated rings. The summed E-state index contributed by atoms with van der Waals surface area (Å²) in [6.45, 7) is 10.1. The van der Waals surface area contributed by atoms with E-state index < -0.39 is 0 Å². The first kappa shape index (κ1) is 13.5. The van der Waals surface area contributed by atoms with Gasteiger partial charge < -0.3 is 5.32 Å². The molecule has 1 aromatic heterocycles. The Bertz CT molecular complexity index is 381. The minimum atomic E-state index is 0.487. The summed E-state index contributed by atoms with van der Waals surface area (Å²) in [5, 5.41) is 3.70. The van der Waals surface area contributed by atoms with Gasteiger partial charge in [0.05, 0.1) is 0 Å². The fourth-order valence-corrected chi connectivity index (χ4v) is 3.37. The van der Waals surface area contributed by atoms with Crippen LogP contribution >= 0.6 is 0 Å². The van der Waals surface area contributed by atoms with Gasteiger partial charge in [-0.2, -0.15) is 0 Å². The summed E-state index contributed by atoms with van der Waals surface area (Å²) in [4.78, 5) is 4.35. The van der Waals surface area contributed by atoms with Crippen molar-refractivity contribution in [1.82, 2.24) is 10.3 Å². The molecule has 2 atom stereocenters. The molecule has 1 aliphatic carbocycles. The minimum absolute atomic E-state index is 0.487. The number of hydrogen-bond acceptors (Lipinski definition) is 2. The molecular weight excluding hydrogens is 220 g/mol. The highest BCUT2D eigenvalue weighted by molar-refractivity contribution is 5.13. The van der Waals surface area contributed by atoms with Crippen LogP contribution in [-0.4, -0.2) is 11.0 Å². The molecule has 0 spiro atoms. The molecule has 1 aromatic rings. The highest BCUT2D eigenvalue weighted by Crippen LogP contribution is 2.38. The molecule has 0 radical (unpaired) electrons. The largest absolute Gasteiger partial charge is 0.310 e. The highest BCUT2D eigenvalue weighted by Gasteiger charge is 2.31. The molecule has 2 heteroatoms. The van der Waals surface area contributed by atoms with Gasteiger partial charge in [-0.05, 0) is 49.1 Å². The summed E-state index contributed by atoms with van der Waals surface area (Å²) in [7, 11) is 0. The van der Waals surface area contributed by atoms with Gasteiger partial charge in [0.1, 0.15) is 0 Å². The van der Waals surface area contributed by atoms with E-state index in [1.54, 1.807) is 0 Å². The summed E-state index contributed by atoms with van der Waals surface area (Å²) in [6.07, 6.45) is 5.94. The molecule has 0 bridgehead atoms. The molecule has 100 valence electrons. The Hall–Kier alpha value is -0.890. The first-order valence-corrected chi connectivity index (χ1v) is 7.09. The van der Waals surface area contributed by atoms with Crippen LogP contribution in [-0.2, 0) is 6.54 Å². The van der Waals surface area contributed by atoms with Crippen molar-refractivity contribution in [2.45, 2.75) is 59.5 Å². The SMILES string of the molecule is Cc1ccc(CNC2CC(C)CC(C)(C)C2)cn1. The van der Waals surface area contributed by atoms with E-state index in [9.17, 15) is 0 Å². The van der Waals surface area contributed by atoms with Crippen LogP contribution in [0.25, 0.3) is 0 Å². The molecule has 2 unspecified atom stereocenters. The number of hydrogen-bond donors (Lipinski definition) is 1. The van der Waals surface area contributed by atoms with E-state index in [0.29, 0.717) is 11.5 Å². The van der Waals surface area contributed by atoms with Crippen molar-refractivity contribution in [3.8, 4) is 0 Å². The quantitative estimate of drug-likeness (QED) is 0.879. The Morgan fingerprint density at radius 1 is 1.33 bits per heavy atom. The van der Waals surface area contributed by atoms with Crippen molar-refractivity contribution in [3.63, 3.8) is 0 Å². The third-order valence-electron chi connectivity index (χ3n) is 3.95. The maximum absolute atomic E-state index is 4.35. The van der Waals surface area contributed by atoms with Crippen LogP contribution in [0.4, 0.5) is 0 Å². The number of pyridine rings is 1. The molecule has 0 aliphatic heterocycles. The van der Waals surface area contributed by atoms with E-state index >= 15 is 0 Å². The van der Waals surface area contributed by atoms with Gasteiger partial charge >= 0.3 is 0 Å². The number of aryl methyl sites for hydroxylation is 1.